The molecule has 22 heavy (non-hydrogen) atoms. The summed E-state index contributed by atoms with van der Waals surface area (Å²) in [5.41, 5.74) is 1.31. The topological polar surface area (TPSA) is 45.7 Å². The fourth-order valence-electron chi connectivity index (χ4n) is 2.49. The highest BCUT2D eigenvalue weighted by molar-refractivity contribution is 14.0. The van der Waals surface area contributed by atoms with Crippen molar-refractivity contribution in [1.29, 1.82) is 0 Å². The van der Waals surface area contributed by atoms with Crippen molar-refractivity contribution >= 4 is 29.9 Å². The van der Waals surface area contributed by atoms with Gasteiger partial charge >= 0.3 is 0 Å². The molecule has 0 saturated heterocycles. The van der Waals surface area contributed by atoms with E-state index < -0.39 is 0 Å². The zero-order valence-electron chi connectivity index (χ0n) is 13.4. The maximum Gasteiger partial charge on any atom is 0.191 e. The number of ether oxygens (including phenoxy) is 1. The van der Waals surface area contributed by atoms with Crippen LogP contribution in [0.3, 0.4) is 0 Å². The molecule has 1 atom stereocenters. The number of guanidine groups is 1. The van der Waals surface area contributed by atoms with E-state index in [0.717, 1.165) is 25.3 Å². The Morgan fingerprint density at radius 2 is 2.00 bits per heavy atom. The van der Waals surface area contributed by atoms with Gasteiger partial charge in [-0.2, -0.15) is 0 Å². The lowest BCUT2D eigenvalue weighted by Crippen LogP contribution is -2.46. The van der Waals surface area contributed by atoms with Gasteiger partial charge in [0.1, 0.15) is 5.82 Å². The fraction of sp³-hybridized carbons (Fsp3) is 0.562. The van der Waals surface area contributed by atoms with E-state index in [-0.39, 0.29) is 41.3 Å². The van der Waals surface area contributed by atoms with Crippen molar-refractivity contribution in [1.82, 2.24) is 10.6 Å². The maximum absolute atomic E-state index is 13.0. The molecule has 0 aliphatic heterocycles. The van der Waals surface area contributed by atoms with E-state index >= 15 is 0 Å². The minimum absolute atomic E-state index is 0. The van der Waals surface area contributed by atoms with Crippen LogP contribution in [0.5, 0.6) is 0 Å². The van der Waals surface area contributed by atoms with Gasteiger partial charge in [-0.15, -0.1) is 24.0 Å². The lowest BCUT2D eigenvalue weighted by molar-refractivity contribution is 0.179. The lowest BCUT2D eigenvalue weighted by Gasteiger charge is -2.21. The first-order valence-corrected chi connectivity index (χ1v) is 7.32. The second-order valence-electron chi connectivity index (χ2n) is 5.71. The first-order chi connectivity index (χ1) is 10.1. The van der Waals surface area contributed by atoms with Gasteiger partial charge in [-0.3, -0.25) is 4.99 Å². The van der Waals surface area contributed by atoms with Crippen molar-refractivity contribution in [3.8, 4) is 0 Å². The summed E-state index contributed by atoms with van der Waals surface area (Å²) < 4.78 is 18.1. The fourth-order valence-corrected chi connectivity index (χ4v) is 2.49. The van der Waals surface area contributed by atoms with Gasteiger partial charge in [0.2, 0.25) is 0 Å². The van der Waals surface area contributed by atoms with Gasteiger partial charge in [0, 0.05) is 32.2 Å². The molecule has 1 aromatic rings. The third-order valence-electron chi connectivity index (χ3n) is 3.93. The van der Waals surface area contributed by atoms with Crippen LogP contribution in [0.15, 0.2) is 29.3 Å². The van der Waals surface area contributed by atoms with Crippen LogP contribution in [0.2, 0.25) is 0 Å². The summed E-state index contributed by atoms with van der Waals surface area (Å²) in [5.74, 6) is 0.585. The molecule has 124 valence electrons. The Bertz CT molecular complexity index is 489. The molecule has 1 unspecified atom stereocenters. The molecule has 0 amide bonds. The second kappa shape index (κ2) is 8.67. The third kappa shape index (κ3) is 5.08. The van der Waals surface area contributed by atoms with Crippen molar-refractivity contribution in [3.05, 3.63) is 35.6 Å². The minimum Gasteiger partial charge on any atom is -0.383 e. The Balaban J connectivity index is 0.00000242. The highest BCUT2D eigenvalue weighted by atomic mass is 127. The van der Waals surface area contributed by atoms with Crippen molar-refractivity contribution in [2.45, 2.75) is 31.2 Å². The van der Waals surface area contributed by atoms with Crippen LogP contribution in [0.4, 0.5) is 4.39 Å². The summed E-state index contributed by atoms with van der Waals surface area (Å²) in [4.78, 5) is 4.23. The molecule has 1 aromatic carbocycles. The van der Waals surface area contributed by atoms with Crippen molar-refractivity contribution in [2.24, 2.45) is 4.99 Å². The zero-order valence-corrected chi connectivity index (χ0v) is 15.7. The van der Waals surface area contributed by atoms with Crippen LogP contribution in [-0.4, -0.2) is 39.3 Å². The van der Waals surface area contributed by atoms with E-state index in [2.05, 4.69) is 15.6 Å². The number of hydrogen-bond acceptors (Lipinski definition) is 2. The molecule has 1 aliphatic carbocycles. The largest absolute Gasteiger partial charge is 0.383 e. The highest BCUT2D eigenvalue weighted by Crippen LogP contribution is 2.47. The molecule has 1 fully saturated rings. The predicted octanol–water partition coefficient (Wildman–Crippen LogP) is 2.68. The normalized spacial score (nSPS) is 17.4. The second-order valence-corrected chi connectivity index (χ2v) is 5.71. The smallest absolute Gasteiger partial charge is 0.191 e. The van der Waals surface area contributed by atoms with Gasteiger partial charge in [0.25, 0.3) is 0 Å². The first-order valence-electron chi connectivity index (χ1n) is 7.32. The van der Waals surface area contributed by atoms with Gasteiger partial charge in [-0.05, 0) is 37.5 Å². The predicted molar refractivity (Wildman–Crippen MR) is 98.6 cm³/mol. The van der Waals surface area contributed by atoms with E-state index in [9.17, 15) is 4.39 Å². The van der Waals surface area contributed by atoms with Crippen LogP contribution in [0.1, 0.15) is 25.3 Å². The molecule has 0 radical (unpaired) electrons. The van der Waals surface area contributed by atoms with Crippen LogP contribution in [-0.2, 0) is 10.2 Å². The average Bonchev–Trinajstić information content (AvgIpc) is 3.25. The van der Waals surface area contributed by atoms with E-state index in [1.807, 2.05) is 19.1 Å². The Hall–Kier alpha value is -0.890. The van der Waals surface area contributed by atoms with Crippen LogP contribution in [0, 0.1) is 5.82 Å². The van der Waals surface area contributed by atoms with Gasteiger partial charge in [-0.25, -0.2) is 4.39 Å². The van der Waals surface area contributed by atoms with E-state index in [1.165, 1.54) is 17.7 Å². The van der Waals surface area contributed by atoms with Crippen molar-refractivity contribution < 1.29 is 9.13 Å². The maximum atomic E-state index is 13.0. The summed E-state index contributed by atoms with van der Waals surface area (Å²) in [7, 11) is 3.44. The standard InChI is InChI=1S/C16H24FN3O.HI/c1-12(10-21-3)20-15(18-2)19-11-16(8-9-16)13-4-6-14(17)7-5-13;/h4-7,12H,8-11H2,1-3H3,(H2,18,19,20);1H. The zero-order chi connectivity index (χ0) is 15.3. The Kier molecular flexibility index (Phi) is 7.55. The molecule has 0 aromatic heterocycles. The number of methoxy groups -OCH3 is 1. The number of benzene rings is 1. The minimum atomic E-state index is -0.187. The Labute approximate surface area is 148 Å². The summed E-state index contributed by atoms with van der Waals surface area (Å²) in [6, 6.07) is 7.02. The number of nitrogens with one attached hydrogen (secondary N) is 2. The lowest BCUT2D eigenvalue weighted by atomic mass is 9.96. The molecule has 2 N–H and O–H groups in total. The number of aliphatic imine (C=N–C) groups is 1. The van der Waals surface area contributed by atoms with Crippen molar-refractivity contribution in [3.63, 3.8) is 0 Å². The molecular weight excluding hydrogens is 396 g/mol. The van der Waals surface area contributed by atoms with Crippen molar-refractivity contribution in [2.75, 3.05) is 27.3 Å². The molecule has 1 saturated carbocycles. The monoisotopic (exact) mass is 421 g/mol. The summed E-state index contributed by atoms with van der Waals surface area (Å²) in [6.07, 6.45) is 2.24. The summed E-state index contributed by atoms with van der Waals surface area (Å²) in [5, 5.41) is 6.65. The Morgan fingerprint density at radius 1 is 1.36 bits per heavy atom. The van der Waals surface area contributed by atoms with Crippen LogP contribution in [0.25, 0.3) is 0 Å². The summed E-state index contributed by atoms with van der Waals surface area (Å²) in [6.45, 7) is 3.48. The van der Waals surface area contributed by atoms with E-state index in [1.54, 1.807) is 14.2 Å². The highest BCUT2D eigenvalue weighted by Gasteiger charge is 2.44. The quantitative estimate of drug-likeness (QED) is 0.422. The molecule has 1 aliphatic rings. The third-order valence-corrected chi connectivity index (χ3v) is 3.93. The number of hydrogen-bond donors (Lipinski definition) is 2. The van der Waals surface area contributed by atoms with E-state index in [0.29, 0.717) is 6.61 Å². The molecule has 0 heterocycles. The molecule has 0 bridgehead atoms. The SMILES string of the molecule is CN=C(NCC1(c2ccc(F)cc2)CC1)NC(C)COC.I. The van der Waals surface area contributed by atoms with Gasteiger partial charge < -0.3 is 15.4 Å². The molecule has 2 rings (SSSR count). The average molecular weight is 421 g/mol. The summed E-state index contributed by atoms with van der Waals surface area (Å²) >= 11 is 0. The molecule has 6 heteroatoms. The first kappa shape index (κ1) is 19.2. The number of nitrogens with zero attached hydrogens (tertiary/aromatic N) is 1. The van der Waals surface area contributed by atoms with Crippen LogP contribution < -0.4 is 10.6 Å². The number of halogens is 2. The van der Waals surface area contributed by atoms with Crippen LogP contribution >= 0.6 is 24.0 Å². The molecule has 0 spiro atoms. The Morgan fingerprint density at radius 3 is 2.50 bits per heavy atom. The van der Waals surface area contributed by atoms with Gasteiger partial charge in [-0.1, -0.05) is 12.1 Å². The molecule has 4 nitrogen and oxygen atoms in total. The van der Waals surface area contributed by atoms with E-state index in [4.69, 9.17) is 4.74 Å². The number of rotatable bonds is 6. The molecular formula is C16H25FIN3O. The van der Waals surface area contributed by atoms with Gasteiger partial charge in [0.15, 0.2) is 5.96 Å². The van der Waals surface area contributed by atoms with Gasteiger partial charge in [0.05, 0.1) is 6.61 Å².